The van der Waals surface area contributed by atoms with Crippen molar-refractivity contribution in [3.63, 3.8) is 0 Å². The SMILES string of the molecule is NC(=O)c1cccnc1NCc1ccon1. The Balaban J connectivity index is 2.12. The van der Waals surface area contributed by atoms with Crippen molar-refractivity contribution >= 4 is 11.7 Å². The zero-order valence-corrected chi connectivity index (χ0v) is 8.38. The van der Waals surface area contributed by atoms with E-state index in [1.165, 1.54) is 6.26 Å². The third kappa shape index (κ3) is 2.17. The molecule has 0 aliphatic heterocycles. The average molecular weight is 218 g/mol. The molecule has 0 radical (unpaired) electrons. The van der Waals surface area contributed by atoms with Crippen LogP contribution in [0.25, 0.3) is 0 Å². The Morgan fingerprint density at radius 2 is 2.38 bits per heavy atom. The zero-order chi connectivity index (χ0) is 11.4. The summed E-state index contributed by atoms with van der Waals surface area (Å²) in [4.78, 5) is 15.1. The summed E-state index contributed by atoms with van der Waals surface area (Å²) in [6.45, 7) is 0.424. The molecule has 0 unspecified atom stereocenters. The third-order valence-corrected chi connectivity index (χ3v) is 2.00. The van der Waals surface area contributed by atoms with Crippen molar-refractivity contribution in [3.8, 4) is 0 Å². The van der Waals surface area contributed by atoms with Crippen LogP contribution in [0.3, 0.4) is 0 Å². The Labute approximate surface area is 91.5 Å². The number of amides is 1. The molecule has 2 heterocycles. The smallest absolute Gasteiger partial charge is 0.252 e. The second kappa shape index (κ2) is 4.43. The predicted molar refractivity (Wildman–Crippen MR) is 56.6 cm³/mol. The van der Waals surface area contributed by atoms with Crippen LogP contribution in [0.4, 0.5) is 5.82 Å². The minimum Gasteiger partial charge on any atom is -0.365 e. The van der Waals surface area contributed by atoms with Crippen molar-refractivity contribution in [2.45, 2.75) is 6.54 Å². The summed E-state index contributed by atoms with van der Waals surface area (Å²) >= 11 is 0. The van der Waals surface area contributed by atoms with Gasteiger partial charge in [-0.15, -0.1) is 0 Å². The number of hydrogen-bond donors (Lipinski definition) is 2. The van der Waals surface area contributed by atoms with E-state index < -0.39 is 5.91 Å². The molecule has 0 saturated carbocycles. The number of hydrogen-bond acceptors (Lipinski definition) is 5. The third-order valence-electron chi connectivity index (χ3n) is 2.00. The number of primary amides is 1. The van der Waals surface area contributed by atoms with E-state index in [-0.39, 0.29) is 0 Å². The molecule has 2 aromatic rings. The highest BCUT2D eigenvalue weighted by molar-refractivity contribution is 5.97. The molecule has 0 aliphatic rings. The highest BCUT2D eigenvalue weighted by Gasteiger charge is 2.08. The molecule has 0 spiro atoms. The molecule has 0 aromatic carbocycles. The molecule has 0 fully saturated rings. The number of pyridine rings is 1. The van der Waals surface area contributed by atoms with E-state index in [9.17, 15) is 4.79 Å². The number of nitrogens with zero attached hydrogens (tertiary/aromatic N) is 2. The van der Waals surface area contributed by atoms with Crippen molar-refractivity contribution < 1.29 is 9.32 Å². The lowest BCUT2D eigenvalue weighted by Crippen LogP contribution is -2.15. The summed E-state index contributed by atoms with van der Waals surface area (Å²) in [5, 5.41) is 6.69. The van der Waals surface area contributed by atoms with Gasteiger partial charge in [0.15, 0.2) is 0 Å². The van der Waals surface area contributed by atoms with Crippen LogP contribution in [-0.4, -0.2) is 16.0 Å². The van der Waals surface area contributed by atoms with E-state index in [0.29, 0.717) is 17.9 Å². The summed E-state index contributed by atoms with van der Waals surface area (Å²) < 4.78 is 4.68. The molecule has 82 valence electrons. The van der Waals surface area contributed by atoms with Gasteiger partial charge < -0.3 is 15.6 Å². The summed E-state index contributed by atoms with van der Waals surface area (Å²) in [7, 11) is 0. The van der Waals surface area contributed by atoms with Gasteiger partial charge in [0, 0.05) is 12.3 Å². The quantitative estimate of drug-likeness (QED) is 0.790. The molecule has 6 nitrogen and oxygen atoms in total. The number of anilines is 1. The Kier molecular flexibility index (Phi) is 2.81. The first kappa shape index (κ1) is 10.2. The predicted octanol–water partition coefficient (Wildman–Crippen LogP) is 0.781. The number of nitrogens with two attached hydrogens (primary N) is 1. The van der Waals surface area contributed by atoms with Crippen LogP contribution < -0.4 is 11.1 Å². The van der Waals surface area contributed by atoms with Gasteiger partial charge in [0.05, 0.1) is 12.1 Å². The minimum atomic E-state index is -0.518. The van der Waals surface area contributed by atoms with E-state index >= 15 is 0 Å². The summed E-state index contributed by atoms with van der Waals surface area (Å²) in [5.41, 5.74) is 6.29. The van der Waals surface area contributed by atoms with Gasteiger partial charge in [-0.25, -0.2) is 4.98 Å². The minimum absolute atomic E-state index is 0.353. The second-order valence-electron chi connectivity index (χ2n) is 3.11. The first-order valence-electron chi connectivity index (χ1n) is 4.65. The molecule has 6 heteroatoms. The van der Waals surface area contributed by atoms with E-state index in [2.05, 4.69) is 20.0 Å². The van der Waals surface area contributed by atoms with E-state index in [0.717, 1.165) is 5.69 Å². The van der Waals surface area contributed by atoms with Crippen molar-refractivity contribution in [1.29, 1.82) is 0 Å². The van der Waals surface area contributed by atoms with Gasteiger partial charge in [0.2, 0.25) is 0 Å². The first-order valence-corrected chi connectivity index (χ1v) is 4.65. The molecule has 0 atom stereocenters. The largest absolute Gasteiger partial charge is 0.365 e. The summed E-state index contributed by atoms with van der Waals surface area (Å²) in [6.07, 6.45) is 3.06. The van der Waals surface area contributed by atoms with Crippen molar-refractivity contribution in [1.82, 2.24) is 10.1 Å². The molecular formula is C10H10N4O2. The van der Waals surface area contributed by atoms with Gasteiger partial charge >= 0.3 is 0 Å². The van der Waals surface area contributed by atoms with Gasteiger partial charge in [0.25, 0.3) is 5.91 Å². The van der Waals surface area contributed by atoms with Crippen LogP contribution in [-0.2, 0) is 6.54 Å². The maximum Gasteiger partial charge on any atom is 0.252 e. The van der Waals surface area contributed by atoms with Crippen LogP contribution in [0.15, 0.2) is 35.2 Å². The van der Waals surface area contributed by atoms with E-state index in [1.54, 1.807) is 24.4 Å². The van der Waals surface area contributed by atoms with Gasteiger partial charge in [-0.3, -0.25) is 4.79 Å². The van der Waals surface area contributed by atoms with Gasteiger partial charge in [-0.2, -0.15) is 0 Å². The standard InChI is InChI=1S/C10H10N4O2/c11-9(15)8-2-1-4-12-10(8)13-6-7-3-5-16-14-7/h1-5H,6H2,(H2,11,15)(H,12,13). The fourth-order valence-corrected chi connectivity index (χ4v) is 1.25. The maximum atomic E-state index is 11.1. The van der Waals surface area contributed by atoms with Crippen LogP contribution >= 0.6 is 0 Å². The Morgan fingerprint density at radius 1 is 1.50 bits per heavy atom. The fraction of sp³-hybridized carbons (Fsp3) is 0.100. The highest BCUT2D eigenvalue weighted by atomic mass is 16.5. The molecule has 0 aliphatic carbocycles. The average Bonchev–Trinajstić information content (AvgIpc) is 2.79. The number of rotatable bonds is 4. The zero-order valence-electron chi connectivity index (χ0n) is 8.38. The van der Waals surface area contributed by atoms with E-state index in [4.69, 9.17) is 5.73 Å². The van der Waals surface area contributed by atoms with Crippen molar-refractivity contribution in [2.24, 2.45) is 5.73 Å². The highest BCUT2D eigenvalue weighted by Crippen LogP contribution is 2.11. The molecule has 2 rings (SSSR count). The van der Waals surface area contributed by atoms with Crippen LogP contribution in [0, 0.1) is 0 Å². The first-order chi connectivity index (χ1) is 7.77. The van der Waals surface area contributed by atoms with Crippen LogP contribution in [0.5, 0.6) is 0 Å². The fourth-order valence-electron chi connectivity index (χ4n) is 1.25. The normalized spacial score (nSPS) is 10.0. The van der Waals surface area contributed by atoms with Crippen molar-refractivity contribution in [2.75, 3.05) is 5.32 Å². The molecule has 16 heavy (non-hydrogen) atoms. The van der Waals surface area contributed by atoms with Crippen LogP contribution in [0.1, 0.15) is 16.1 Å². The molecular weight excluding hydrogens is 208 g/mol. The van der Waals surface area contributed by atoms with Crippen molar-refractivity contribution in [3.05, 3.63) is 41.9 Å². The lowest BCUT2D eigenvalue weighted by molar-refractivity contribution is 0.100. The Hall–Kier alpha value is -2.37. The Bertz CT molecular complexity index is 481. The maximum absolute atomic E-state index is 11.1. The van der Waals surface area contributed by atoms with Gasteiger partial charge in [0.1, 0.15) is 17.8 Å². The second-order valence-corrected chi connectivity index (χ2v) is 3.11. The number of aromatic nitrogens is 2. The number of nitrogens with one attached hydrogen (secondary N) is 1. The summed E-state index contributed by atoms with van der Waals surface area (Å²) in [5.74, 6) is -0.0752. The van der Waals surface area contributed by atoms with Crippen LogP contribution in [0.2, 0.25) is 0 Å². The number of carbonyl (C=O) groups excluding carboxylic acids is 1. The topological polar surface area (TPSA) is 94.0 Å². The Morgan fingerprint density at radius 3 is 3.06 bits per heavy atom. The molecule has 2 aromatic heterocycles. The van der Waals surface area contributed by atoms with Gasteiger partial charge in [-0.05, 0) is 12.1 Å². The molecule has 1 amide bonds. The summed E-state index contributed by atoms with van der Waals surface area (Å²) in [6, 6.07) is 4.99. The lowest BCUT2D eigenvalue weighted by Gasteiger charge is -2.06. The number of carbonyl (C=O) groups is 1. The van der Waals surface area contributed by atoms with E-state index in [1.807, 2.05) is 0 Å². The molecule has 0 saturated heterocycles. The monoisotopic (exact) mass is 218 g/mol. The van der Waals surface area contributed by atoms with Gasteiger partial charge in [-0.1, -0.05) is 5.16 Å². The lowest BCUT2D eigenvalue weighted by atomic mass is 10.2. The molecule has 3 N–H and O–H groups in total. The molecule has 0 bridgehead atoms.